The van der Waals surface area contributed by atoms with E-state index in [2.05, 4.69) is 22.5 Å². The molecule has 2 aliphatic carbocycles. The van der Waals surface area contributed by atoms with Gasteiger partial charge in [-0.3, -0.25) is 0 Å². The Morgan fingerprint density at radius 1 is 1.00 bits per heavy atom. The maximum Gasteiger partial charge on any atom is 0.0796 e. The number of allylic oxidation sites excluding steroid dienone is 1. The topological polar surface area (TPSA) is 0 Å². The molecule has 0 aliphatic heterocycles. The standard InChI is InChI=1S/C14H11BrCl4/c1-5(2)14(15)6-3-4-7(14)9-8(6)10(16)12(18)13(19)11(9)17/h6-7H,1,3-4H2,2H3/t6-,7-/m0/s1. The van der Waals surface area contributed by atoms with Crippen molar-refractivity contribution in [2.24, 2.45) is 0 Å². The van der Waals surface area contributed by atoms with E-state index in [-0.39, 0.29) is 16.2 Å². The molecule has 0 saturated heterocycles. The van der Waals surface area contributed by atoms with Gasteiger partial charge in [-0.15, -0.1) is 0 Å². The van der Waals surface area contributed by atoms with Crippen LogP contribution in [0.5, 0.6) is 0 Å². The highest BCUT2D eigenvalue weighted by Gasteiger charge is 2.58. The van der Waals surface area contributed by atoms with Crippen molar-refractivity contribution in [3.8, 4) is 0 Å². The van der Waals surface area contributed by atoms with Gasteiger partial charge >= 0.3 is 0 Å². The van der Waals surface area contributed by atoms with Crippen LogP contribution in [0.3, 0.4) is 0 Å². The van der Waals surface area contributed by atoms with Crippen LogP contribution in [-0.2, 0) is 0 Å². The Labute approximate surface area is 141 Å². The molecule has 1 aromatic rings. The molecule has 1 saturated carbocycles. The van der Waals surface area contributed by atoms with Gasteiger partial charge in [0.2, 0.25) is 0 Å². The first-order valence-electron chi connectivity index (χ1n) is 6.02. The van der Waals surface area contributed by atoms with Crippen LogP contribution in [0.4, 0.5) is 0 Å². The number of alkyl halides is 1. The number of hydrogen-bond acceptors (Lipinski definition) is 0. The van der Waals surface area contributed by atoms with E-state index in [1.165, 1.54) is 0 Å². The first-order chi connectivity index (χ1) is 8.81. The summed E-state index contributed by atoms with van der Waals surface area (Å²) >= 11 is 29.1. The van der Waals surface area contributed by atoms with Crippen LogP contribution in [-0.4, -0.2) is 4.32 Å². The molecule has 0 radical (unpaired) electrons. The van der Waals surface area contributed by atoms with Crippen molar-refractivity contribution < 1.29 is 0 Å². The van der Waals surface area contributed by atoms with Crippen LogP contribution in [0.15, 0.2) is 12.2 Å². The molecule has 0 unspecified atom stereocenters. The van der Waals surface area contributed by atoms with E-state index in [4.69, 9.17) is 46.4 Å². The van der Waals surface area contributed by atoms with E-state index in [0.717, 1.165) is 29.5 Å². The van der Waals surface area contributed by atoms with Gasteiger partial charge in [0.15, 0.2) is 0 Å². The second kappa shape index (κ2) is 4.55. The molecule has 1 fully saturated rings. The van der Waals surface area contributed by atoms with E-state index >= 15 is 0 Å². The minimum absolute atomic E-state index is 0.170. The van der Waals surface area contributed by atoms with Crippen molar-refractivity contribution in [1.29, 1.82) is 0 Å². The Kier molecular flexibility index (Phi) is 3.48. The van der Waals surface area contributed by atoms with Gasteiger partial charge in [-0.2, -0.15) is 0 Å². The van der Waals surface area contributed by atoms with Gasteiger partial charge < -0.3 is 0 Å². The van der Waals surface area contributed by atoms with Crippen molar-refractivity contribution in [2.45, 2.75) is 35.9 Å². The van der Waals surface area contributed by atoms with Crippen molar-refractivity contribution in [2.75, 3.05) is 0 Å². The van der Waals surface area contributed by atoms with Crippen LogP contribution in [0.1, 0.15) is 42.7 Å². The molecule has 0 aromatic heterocycles. The van der Waals surface area contributed by atoms with Gasteiger partial charge in [0.1, 0.15) is 0 Å². The summed E-state index contributed by atoms with van der Waals surface area (Å²) < 4.78 is -0.170. The fraction of sp³-hybridized carbons (Fsp3) is 0.429. The monoisotopic (exact) mass is 398 g/mol. The fourth-order valence-corrected chi connectivity index (χ4v) is 5.71. The molecule has 0 amide bonds. The Bertz CT molecular complexity index is 565. The molecule has 1 aromatic carbocycles. The zero-order valence-corrected chi connectivity index (χ0v) is 14.8. The largest absolute Gasteiger partial charge is 0.0987 e. The molecule has 0 heterocycles. The normalized spacial score (nSPS) is 31.7. The molecule has 102 valence electrons. The molecule has 0 N–H and O–H groups in total. The van der Waals surface area contributed by atoms with Crippen molar-refractivity contribution in [3.63, 3.8) is 0 Å². The van der Waals surface area contributed by atoms with Crippen molar-refractivity contribution in [1.82, 2.24) is 0 Å². The van der Waals surface area contributed by atoms with Crippen LogP contribution >= 0.6 is 62.3 Å². The molecular weight excluding hydrogens is 390 g/mol. The summed E-state index contributed by atoms with van der Waals surface area (Å²) in [6.07, 6.45) is 2.12. The minimum Gasteiger partial charge on any atom is -0.0987 e. The second-order valence-corrected chi connectivity index (χ2v) is 8.14. The molecule has 2 aliphatic rings. The van der Waals surface area contributed by atoms with Crippen LogP contribution < -0.4 is 0 Å². The summed E-state index contributed by atoms with van der Waals surface area (Å²) in [4.78, 5) is 0. The lowest BCUT2D eigenvalue weighted by atomic mass is 9.89. The lowest BCUT2D eigenvalue weighted by Gasteiger charge is -2.28. The highest BCUT2D eigenvalue weighted by atomic mass is 79.9. The van der Waals surface area contributed by atoms with Crippen LogP contribution in [0, 0.1) is 0 Å². The zero-order valence-electron chi connectivity index (χ0n) is 10.2. The Morgan fingerprint density at radius 2 is 1.37 bits per heavy atom. The lowest BCUT2D eigenvalue weighted by Crippen LogP contribution is -2.25. The molecular formula is C14H11BrCl4. The highest BCUT2D eigenvalue weighted by Crippen LogP contribution is 2.69. The third-order valence-corrected chi connectivity index (χ3v) is 8.06. The molecule has 3 rings (SSSR count). The third kappa shape index (κ3) is 1.66. The molecule has 19 heavy (non-hydrogen) atoms. The zero-order chi connectivity index (χ0) is 14.1. The average Bonchev–Trinajstić information content (AvgIpc) is 2.84. The quantitative estimate of drug-likeness (QED) is 0.206. The summed E-state index contributed by atoms with van der Waals surface area (Å²) in [6.45, 7) is 6.18. The Hall–Kier alpha value is 0.600. The highest BCUT2D eigenvalue weighted by molar-refractivity contribution is 9.10. The van der Waals surface area contributed by atoms with Gasteiger partial charge in [-0.05, 0) is 30.9 Å². The van der Waals surface area contributed by atoms with Gasteiger partial charge in [-0.1, -0.05) is 74.5 Å². The summed E-state index contributed by atoms with van der Waals surface area (Å²) in [5, 5.41) is 1.80. The van der Waals surface area contributed by atoms with Gasteiger partial charge in [0.05, 0.1) is 24.4 Å². The molecule has 0 nitrogen and oxygen atoms in total. The SMILES string of the molecule is C=C(C)C1(Br)[C@H]2CC[C@H]1c1c(Cl)c(Cl)c(Cl)c(Cl)c12. The van der Waals surface area contributed by atoms with Gasteiger partial charge in [0, 0.05) is 11.8 Å². The predicted molar refractivity (Wildman–Crippen MR) is 87.7 cm³/mol. The molecule has 2 bridgehead atoms. The maximum absolute atomic E-state index is 6.42. The average molecular weight is 401 g/mol. The first kappa shape index (κ1) is 14.5. The van der Waals surface area contributed by atoms with Crippen molar-refractivity contribution >= 4 is 62.3 Å². The summed E-state index contributed by atoms with van der Waals surface area (Å²) in [7, 11) is 0. The number of fused-ring (bicyclic) bond motifs is 5. The second-order valence-electron chi connectivity index (χ2n) is 5.31. The number of rotatable bonds is 1. The van der Waals surface area contributed by atoms with E-state index < -0.39 is 0 Å². The summed E-state index contributed by atoms with van der Waals surface area (Å²) in [6, 6.07) is 0. The maximum atomic E-state index is 6.42. The number of hydrogen-bond donors (Lipinski definition) is 0. The predicted octanol–water partition coefficient (Wildman–Crippen LogP) is 6.98. The van der Waals surface area contributed by atoms with Crippen LogP contribution in [0.25, 0.3) is 0 Å². The summed E-state index contributed by atoms with van der Waals surface area (Å²) in [5.74, 6) is 0.537. The Balaban J connectivity index is 2.35. The van der Waals surface area contributed by atoms with Gasteiger partial charge in [0.25, 0.3) is 0 Å². The smallest absolute Gasteiger partial charge is 0.0796 e. The minimum atomic E-state index is -0.170. The molecule has 5 heteroatoms. The summed E-state index contributed by atoms with van der Waals surface area (Å²) in [5.41, 5.74) is 3.20. The number of benzene rings is 1. The van der Waals surface area contributed by atoms with E-state index in [1.807, 2.05) is 6.92 Å². The number of halogens is 5. The van der Waals surface area contributed by atoms with E-state index in [9.17, 15) is 0 Å². The Morgan fingerprint density at radius 3 is 1.68 bits per heavy atom. The molecule has 2 atom stereocenters. The first-order valence-corrected chi connectivity index (χ1v) is 8.32. The van der Waals surface area contributed by atoms with Gasteiger partial charge in [-0.25, -0.2) is 0 Å². The van der Waals surface area contributed by atoms with E-state index in [0.29, 0.717) is 20.1 Å². The fourth-order valence-electron chi connectivity index (χ4n) is 3.65. The third-order valence-electron chi connectivity index (χ3n) is 4.45. The van der Waals surface area contributed by atoms with Crippen molar-refractivity contribution in [3.05, 3.63) is 43.4 Å². The lowest BCUT2D eigenvalue weighted by molar-refractivity contribution is 0.630. The van der Waals surface area contributed by atoms with Crippen LogP contribution in [0.2, 0.25) is 20.1 Å². The van der Waals surface area contributed by atoms with E-state index in [1.54, 1.807) is 0 Å². The molecule has 0 spiro atoms.